The molecule has 0 bridgehead atoms. The molecule has 3 heteroatoms. The van der Waals surface area contributed by atoms with E-state index in [0.29, 0.717) is 5.92 Å². The first-order chi connectivity index (χ1) is 11.1. The Kier molecular flexibility index (Phi) is 4.07. The molecule has 24 heavy (non-hydrogen) atoms. The Morgan fingerprint density at radius 1 is 1.29 bits per heavy atom. The first-order valence-electron chi connectivity index (χ1n) is 9.07. The molecule has 1 unspecified atom stereocenters. The monoisotopic (exact) mass is 330 g/mol. The van der Waals surface area contributed by atoms with Gasteiger partial charge in [0.15, 0.2) is 0 Å². The quantitative estimate of drug-likeness (QED) is 0.831. The summed E-state index contributed by atoms with van der Waals surface area (Å²) < 4.78 is 5.17. The van der Waals surface area contributed by atoms with E-state index in [1.807, 2.05) is 13.8 Å². The highest BCUT2D eigenvalue weighted by Crippen LogP contribution is 2.57. The molecule has 0 amide bonds. The number of hydrogen-bond acceptors (Lipinski definition) is 3. The third kappa shape index (κ3) is 2.48. The minimum atomic E-state index is -0.820. The smallest absolute Gasteiger partial charge is 0.311 e. The molecule has 1 N–H and O–H groups in total. The van der Waals surface area contributed by atoms with E-state index in [2.05, 4.69) is 32.0 Å². The van der Waals surface area contributed by atoms with Gasteiger partial charge in [0.25, 0.3) is 0 Å². The Morgan fingerprint density at radius 3 is 2.62 bits per heavy atom. The van der Waals surface area contributed by atoms with Gasteiger partial charge in [-0.05, 0) is 74.5 Å². The van der Waals surface area contributed by atoms with Crippen molar-refractivity contribution in [3.05, 3.63) is 34.9 Å². The minimum Gasteiger partial charge on any atom is -0.469 e. The van der Waals surface area contributed by atoms with E-state index < -0.39 is 11.0 Å². The fraction of sp³-hybridized carbons (Fsp3) is 0.667. The molecule has 3 rings (SSSR count). The van der Waals surface area contributed by atoms with Crippen LogP contribution in [-0.4, -0.2) is 18.2 Å². The van der Waals surface area contributed by atoms with Crippen LogP contribution in [0.4, 0.5) is 0 Å². The van der Waals surface area contributed by atoms with Crippen molar-refractivity contribution < 1.29 is 14.6 Å². The van der Waals surface area contributed by atoms with Gasteiger partial charge in [-0.2, -0.15) is 0 Å². The molecule has 0 aliphatic heterocycles. The molecule has 1 fully saturated rings. The predicted molar refractivity (Wildman–Crippen MR) is 94.8 cm³/mol. The van der Waals surface area contributed by atoms with E-state index in [1.54, 1.807) is 0 Å². The van der Waals surface area contributed by atoms with Gasteiger partial charge >= 0.3 is 5.97 Å². The van der Waals surface area contributed by atoms with Gasteiger partial charge in [0.05, 0.1) is 18.1 Å². The van der Waals surface area contributed by atoms with Gasteiger partial charge in [-0.25, -0.2) is 0 Å². The number of carbonyl (C=O) groups excluding carboxylic acids is 1. The predicted octanol–water partition coefficient (Wildman–Crippen LogP) is 4.10. The Hall–Kier alpha value is -1.35. The van der Waals surface area contributed by atoms with Crippen LogP contribution in [0.15, 0.2) is 18.2 Å². The summed E-state index contributed by atoms with van der Waals surface area (Å²) in [7, 11) is 1.51. The molecule has 2 aliphatic carbocycles. The van der Waals surface area contributed by atoms with Gasteiger partial charge in [-0.3, -0.25) is 4.79 Å². The second-order valence-electron chi connectivity index (χ2n) is 8.70. The molecular weight excluding hydrogens is 300 g/mol. The van der Waals surface area contributed by atoms with E-state index >= 15 is 0 Å². The molecule has 1 saturated carbocycles. The average molecular weight is 330 g/mol. The molecule has 0 spiro atoms. The number of ether oxygens (including phenoxy) is 1. The molecule has 3 atom stereocenters. The average Bonchev–Trinajstić information content (AvgIpc) is 2.52. The molecule has 1 aromatic carbocycles. The van der Waals surface area contributed by atoms with Crippen LogP contribution in [0.1, 0.15) is 70.1 Å². The zero-order valence-electron chi connectivity index (χ0n) is 15.6. The van der Waals surface area contributed by atoms with Crippen LogP contribution in [0.3, 0.4) is 0 Å². The maximum absolute atomic E-state index is 12.5. The summed E-state index contributed by atoms with van der Waals surface area (Å²) in [5.41, 5.74) is 2.46. The summed E-state index contributed by atoms with van der Waals surface area (Å²) in [6.45, 7) is 8.07. The van der Waals surface area contributed by atoms with Crippen LogP contribution in [0.2, 0.25) is 0 Å². The molecule has 0 radical (unpaired) electrons. The minimum absolute atomic E-state index is 0.00685. The highest BCUT2D eigenvalue weighted by Gasteiger charge is 2.55. The highest BCUT2D eigenvalue weighted by atomic mass is 16.5. The van der Waals surface area contributed by atoms with Crippen molar-refractivity contribution in [2.75, 3.05) is 7.11 Å². The molecule has 0 heterocycles. The Bertz CT molecular complexity index is 658. The van der Waals surface area contributed by atoms with E-state index in [9.17, 15) is 9.90 Å². The normalized spacial score (nSPS) is 32.7. The lowest BCUT2D eigenvalue weighted by Crippen LogP contribution is -2.52. The summed E-state index contributed by atoms with van der Waals surface area (Å²) in [5, 5.41) is 10.3. The summed E-state index contributed by atoms with van der Waals surface area (Å²) in [4.78, 5) is 12.5. The van der Waals surface area contributed by atoms with Crippen LogP contribution in [0, 0.1) is 11.3 Å². The van der Waals surface area contributed by atoms with Crippen molar-refractivity contribution in [3.8, 4) is 0 Å². The van der Waals surface area contributed by atoms with Gasteiger partial charge in [-0.15, -0.1) is 0 Å². The summed E-state index contributed by atoms with van der Waals surface area (Å²) in [6.07, 6.45) is 5.04. The number of fused-ring (bicyclic) bond motifs is 3. The van der Waals surface area contributed by atoms with Crippen LogP contribution >= 0.6 is 0 Å². The molecule has 2 aliphatic rings. The fourth-order valence-electron chi connectivity index (χ4n) is 5.35. The van der Waals surface area contributed by atoms with Crippen molar-refractivity contribution in [1.29, 1.82) is 0 Å². The number of aryl methyl sites for hydroxylation is 1. The van der Waals surface area contributed by atoms with E-state index in [0.717, 1.165) is 37.7 Å². The molecule has 0 saturated heterocycles. The van der Waals surface area contributed by atoms with Crippen LogP contribution in [0.5, 0.6) is 0 Å². The van der Waals surface area contributed by atoms with Crippen molar-refractivity contribution in [2.24, 2.45) is 11.3 Å². The van der Waals surface area contributed by atoms with Crippen molar-refractivity contribution >= 4 is 5.97 Å². The van der Waals surface area contributed by atoms with Gasteiger partial charge in [-0.1, -0.05) is 31.5 Å². The largest absolute Gasteiger partial charge is 0.469 e. The highest BCUT2D eigenvalue weighted by molar-refractivity contribution is 5.77. The number of hydrogen-bond donors (Lipinski definition) is 1. The standard InChI is InChI=1S/C21H30O3/c1-19(2,23)15-8-9-16-14(13-15)7-10-17-20(16,3)11-6-12-21(17,4)18(22)24-5/h8-9,13,17,23H,6-7,10-12H2,1-5H3/t17?,20-,21-/m1/s1. The lowest BCUT2D eigenvalue weighted by molar-refractivity contribution is -0.161. The number of methoxy groups -OCH3 is 1. The number of carbonyl (C=O) groups is 1. The van der Waals surface area contributed by atoms with E-state index in [1.165, 1.54) is 18.2 Å². The second-order valence-corrected chi connectivity index (χ2v) is 8.70. The number of benzene rings is 1. The molecule has 1 aromatic rings. The molecule has 3 nitrogen and oxygen atoms in total. The van der Waals surface area contributed by atoms with Crippen LogP contribution in [0.25, 0.3) is 0 Å². The van der Waals surface area contributed by atoms with Crippen LogP contribution in [-0.2, 0) is 27.0 Å². The van der Waals surface area contributed by atoms with Gasteiger partial charge in [0, 0.05) is 0 Å². The maximum Gasteiger partial charge on any atom is 0.311 e. The van der Waals surface area contributed by atoms with Gasteiger partial charge < -0.3 is 9.84 Å². The van der Waals surface area contributed by atoms with Gasteiger partial charge in [0.1, 0.15) is 0 Å². The van der Waals surface area contributed by atoms with Crippen molar-refractivity contribution in [1.82, 2.24) is 0 Å². The SMILES string of the molecule is COC(=O)[C@]1(C)CCC[C@]2(C)c3ccc(C(C)(C)O)cc3CCC12. The molecule has 132 valence electrons. The summed E-state index contributed by atoms with van der Waals surface area (Å²) in [5.74, 6) is 0.252. The second kappa shape index (κ2) is 5.59. The Morgan fingerprint density at radius 2 is 2.00 bits per heavy atom. The Labute approximate surface area is 145 Å². The first-order valence-corrected chi connectivity index (χ1v) is 9.07. The third-order valence-corrected chi connectivity index (χ3v) is 6.71. The third-order valence-electron chi connectivity index (χ3n) is 6.71. The van der Waals surface area contributed by atoms with Crippen molar-refractivity contribution in [3.63, 3.8) is 0 Å². The number of esters is 1. The van der Waals surface area contributed by atoms with E-state index in [-0.39, 0.29) is 11.4 Å². The maximum atomic E-state index is 12.5. The van der Waals surface area contributed by atoms with Crippen LogP contribution < -0.4 is 0 Å². The zero-order chi connectivity index (χ0) is 17.8. The lowest BCUT2D eigenvalue weighted by Gasteiger charge is -2.54. The number of rotatable bonds is 2. The van der Waals surface area contributed by atoms with E-state index in [4.69, 9.17) is 4.74 Å². The topological polar surface area (TPSA) is 46.5 Å². The zero-order valence-corrected chi connectivity index (χ0v) is 15.6. The van der Waals surface area contributed by atoms with Crippen molar-refractivity contribution in [2.45, 2.75) is 70.8 Å². The lowest BCUT2D eigenvalue weighted by atomic mass is 9.49. The number of aliphatic hydroxyl groups is 1. The first kappa shape index (κ1) is 17.5. The molecular formula is C21H30O3. The fourth-order valence-corrected chi connectivity index (χ4v) is 5.35. The summed E-state index contributed by atoms with van der Waals surface area (Å²) in [6, 6.07) is 6.41. The Balaban J connectivity index is 2.06. The summed E-state index contributed by atoms with van der Waals surface area (Å²) >= 11 is 0. The molecule has 0 aromatic heterocycles. The van der Waals surface area contributed by atoms with Gasteiger partial charge in [0.2, 0.25) is 0 Å².